The van der Waals surface area contributed by atoms with Crippen molar-refractivity contribution in [3.63, 3.8) is 0 Å². The van der Waals surface area contributed by atoms with Crippen molar-refractivity contribution in [3.8, 4) is 0 Å². The van der Waals surface area contributed by atoms with E-state index in [1.54, 1.807) is 6.92 Å². The van der Waals surface area contributed by atoms with Gasteiger partial charge in [-0.3, -0.25) is 14.6 Å². The van der Waals surface area contributed by atoms with Crippen molar-refractivity contribution in [1.29, 1.82) is 0 Å². The Balaban J connectivity index is 1.27. The highest BCUT2D eigenvalue weighted by molar-refractivity contribution is 5.76. The summed E-state index contributed by atoms with van der Waals surface area (Å²) >= 11 is 0. The molecule has 1 aromatic carbocycles. The molecular formula is C33H50N4O. The van der Waals surface area contributed by atoms with E-state index in [1.807, 2.05) is 0 Å². The summed E-state index contributed by atoms with van der Waals surface area (Å²) < 4.78 is 2.70. The fraction of sp³-hybridized carbons (Fsp3) is 0.758. The van der Waals surface area contributed by atoms with Gasteiger partial charge in [0.25, 0.3) is 0 Å². The SMILES string of the molecule is CC(=O)CCN1CCC[C@@H]1c1nc2ccccc2n1C1C[C@H]2CCC[C@@H](C1)N2C1CCCCCCCCC1. The molecule has 2 aromatic rings. The normalized spacial score (nSPS) is 30.6. The minimum absolute atomic E-state index is 0.296. The fourth-order valence-electron chi connectivity index (χ4n) is 8.65. The van der Waals surface area contributed by atoms with Crippen LogP contribution in [0.3, 0.4) is 0 Å². The maximum Gasteiger partial charge on any atom is 0.131 e. The first-order chi connectivity index (χ1) is 18.7. The summed E-state index contributed by atoms with van der Waals surface area (Å²) in [5.74, 6) is 1.58. The first kappa shape index (κ1) is 26.5. The number of likely N-dealkylation sites (tertiary alicyclic amines) is 1. The van der Waals surface area contributed by atoms with Crippen molar-refractivity contribution in [1.82, 2.24) is 19.4 Å². The smallest absolute Gasteiger partial charge is 0.131 e. The van der Waals surface area contributed by atoms with Crippen LogP contribution in [0.5, 0.6) is 0 Å². The Morgan fingerprint density at radius 3 is 2.16 bits per heavy atom. The number of benzene rings is 1. The van der Waals surface area contributed by atoms with Gasteiger partial charge in [0, 0.05) is 37.1 Å². The molecular weight excluding hydrogens is 468 g/mol. The van der Waals surface area contributed by atoms with Crippen LogP contribution in [0, 0.1) is 0 Å². The number of aromatic nitrogens is 2. The topological polar surface area (TPSA) is 41.4 Å². The molecule has 1 aromatic heterocycles. The summed E-state index contributed by atoms with van der Waals surface area (Å²) in [6, 6.07) is 12.0. The number of para-hydroxylation sites is 2. The lowest BCUT2D eigenvalue weighted by atomic mass is 9.79. The van der Waals surface area contributed by atoms with E-state index in [9.17, 15) is 4.79 Å². The van der Waals surface area contributed by atoms with Crippen LogP contribution in [0.2, 0.25) is 0 Å². The molecule has 0 amide bonds. The summed E-state index contributed by atoms with van der Waals surface area (Å²) in [6.07, 6.45) is 22.7. The van der Waals surface area contributed by atoms with Crippen LogP contribution in [0.4, 0.5) is 0 Å². The van der Waals surface area contributed by atoms with Gasteiger partial charge in [0.2, 0.25) is 0 Å². The van der Waals surface area contributed by atoms with E-state index < -0.39 is 0 Å². The molecule has 0 radical (unpaired) electrons. The maximum atomic E-state index is 11.8. The van der Waals surface area contributed by atoms with Gasteiger partial charge >= 0.3 is 0 Å². The van der Waals surface area contributed by atoms with Crippen molar-refractivity contribution in [2.24, 2.45) is 0 Å². The van der Waals surface area contributed by atoms with Gasteiger partial charge < -0.3 is 4.57 Å². The van der Waals surface area contributed by atoms with Crippen molar-refractivity contribution >= 4 is 16.8 Å². The predicted octanol–water partition coefficient (Wildman–Crippen LogP) is 7.60. The largest absolute Gasteiger partial charge is 0.323 e. The second-order valence-corrected chi connectivity index (χ2v) is 13.0. The molecule has 1 aliphatic carbocycles. The average molecular weight is 519 g/mol. The Bertz CT molecular complexity index is 1050. The molecule has 3 aliphatic heterocycles. The number of ketones is 1. The van der Waals surface area contributed by atoms with Crippen LogP contribution in [-0.2, 0) is 4.79 Å². The van der Waals surface area contributed by atoms with Crippen LogP contribution < -0.4 is 0 Å². The molecule has 0 N–H and O–H groups in total. The lowest BCUT2D eigenvalue weighted by Gasteiger charge is -2.53. The number of piperidine rings is 2. The molecule has 38 heavy (non-hydrogen) atoms. The number of imidazole rings is 1. The predicted molar refractivity (Wildman–Crippen MR) is 155 cm³/mol. The molecule has 5 heteroatoms. The number of carbonyl (C=O) groups is 1. The molecule has 4 fully saturated rings. The first-order valence-corrected chi connectivity index (χ1v) is 16.2. The van der Waals surface area contributed by atoms with E-state index in [1.165, 1.54) is 108 Å². The van der Waals surface area contributed by atoms with Gasteiger partial charge in [-0.2, -0.15) is 0 Å². The standard InChI is InChI=1S/C33H50N4O/c1-25(38)20-22-35-21-12-19-32(35)33-34-30-17-9-10-18-31(30)37(33)29-23-27-15-11-16-28(24-29)36(27)26-13-7-5-3-2-4-6-8-14-26/h9-10,17-18,26-29,32H,2-8,11-16,19-24H2,1H3/t27-,28+,29?,32-/m1/s1. The molecule has 3 saturated heterocycles. The number of hydrogen-bond donors (Lipinski definition) is 0. The summed E-state index contributed by atoms with van der Waals surface area (Å²) in [5.41, 5.74) is 2.48. The van der Waals surface area contributed by atoms with E-state index in [-0.39, 0.29) is 0 Å². The Labute approximate surface area is 230 Å². The molecule has 4 aliphatic rings. The number of hydrogen-bond acceptors (Lipinski definition) is 4. The Hall–Kier alpha value is -1.72. The van der Waals surface area contributed by atoms with Crippen molar-refractivity contribution in [2.45, 2.75) is 146 Å². The number of carbonyl (C=O) groups excluding carboxylic acids is 1. The third kappa shape index (κ3) is 5.61. The lowest BCUT2D eigenvalue weighted by Crippen LogP contribution is -2.56. The Morgan fingerprint density at radius 2 is 1.45 bits per heavy atom. The third-order valence-electron chi connectivity index (χ3n) is 10.4. The average Bonchev–Trinajstić information content (AvgIpc) is 3.54. The van der Waals surface area contributed by atoms with Crippen LogP contribution in [0.15, 0.2) is 24.3 Å². The maximum absolute atomic E-state index is 11.8. The van der Waals surface area contributed by atoms with Crippen LogP contribution in [-0.4, -0.2) is 56.3 Å². The first-order valence-electron chi connectivity index (χ1n) is 16.2. The van der Waals surface area contributed by atoms with E-state index >= 15 is 0 Å². The summed E-state index contributed by atoms with van der Waals surface area (Å²) in [4.78, 5) is 22.7. The number of Topliss-reactive ketones (excluding diaryl/α,β-unsaturated/α-hetero) is 1. The number of nitrogens with zero attached hydrogens (tertiary/aromatic N) is 4. The van der Waals surface area contributed by atoms with Gasteiger partial charge in [-0.05, 0) is 77.0 Å². The third-order valence-corrected chi connectivity index (χ3v) is 10.4. The monoisotopic (exact) mass is 518 g/mol. The van der Waals surface area contributed by atoms with E-state index in [4.69, 9.17) is 4.98 Å². The molecule has 1 unspecified atom stereocenters. The zero-order chi connectivity index (χ0) is 25.9. The molecule has 5 nitrogen and oxygen atoms in total. The molecule has 4 heterocycles. The van der Waals surface area contributed by atoms with Gasteiger partial charge in [-0.1, -0.05) is 63.5 Å². The Morgan fingerprint density at radius 1 is 0.789 bits per heavy atom. The molecule has 2 bridgehead atoms. The highest BCUT2D eigenvalue weighted by Crippen LogP contribution is 2.45. The number of fused-ring (bicyclic) bond motifs is 3. The lowest BCUT2D eigenvalue weighted by molar-refractivity contribution is -0.117. The zero-order valence-corrected chi connectivity index (χ0v) is 23.8. The molecule has 1 saturated carbocycles. The Kier molecular flexibility index (Phi) is 8.51. The van der Waals surface area contributed by atoms with Crippen LogP contribution in [0.1, 0.15) is 134 Å². The van der Waals surface area contributed by atoms with Gasteiger partial charge in [-0.25, -0.2) is 4.98 Å². The highest BCUT2D eigenvalue weighted by atomic mass is 16.1. The van der Waals surface area contributed by atoms with Crippen LogP contribution in [0.25, 0.3) is 11.0 Å². The minimum atomic E-state index is 0.296. The second-order valence-electron chi connectivity index (χ2n) is 13.0. The summed E-state index contributed by atoms with van der Waals surface area (Å²) in [7, 11) is 0. The van der Waals surface area contributed by atoms with Crippen molar-refractivity contribution < 1.29 is 4.79 Å². The zero-order valence-electron chi connectivity index (χ0n) is 23.8. The van der Waals surface area contributed by atoms with Gasteiger partial charge in [0.05, 0.1) is 17.1 Å². The van der Waals surface area contributed by atoms with E-state index in [0.717, 1.165) is 43.2 Å². The van der Waals surface area contributed by atoms with E-state index in [0.29, 0.717) is 24.3 Å². The molecule has 208 valence electrons. The highest BCUT2D eigenvalue weighted by Gasteiger charge is 2.43. The second kappa shape index (κ2) is 12.2. The molecule has 6 rings (SSSR count). The molecule has 0 spiro atoms. The summed E-state index contributed by atoms with van der Waals surface area (Å²) in [6.45, 7) is 3.69. The van der Waals surface area contributed by atoms with Gasteiger partial charge in [-0.15, -0.1) is 0 Å². The van der Waals surface area contributed by atoms with E-state index in [2.05, 4.69) is 38.6 Å². The molecule has 4 atom stereocenters. The van der Waals surface area contributed by atoms with Crippen molar-refractivity contribution in [2.75, 3.05) is 13.1 Å². The summed E-state index contributed by atoms with van der Waals surface area (Å²) in [5, 5.41) is 0. The van der Waals surface area contributed by atoms with Gasteiger partial charge in [0.15, 0.2) is 0 Å². The fourth-order valence-corrected chi connectivity index (χ4v) is 8.65. The number of rotatable bonds is 6. The quantitative estimate of drug-likeness (QED) is 0.395. The van der Waals surface area contributed by atoms with Crippen LogP contribution >= 0.6 is 0 Å². The minimum Gasteiger partial charge on any atom is -0.323 e. The van der Waals surface area contributed by atoms with Gasteiger partial charge in [0.1, 0.15) is 11.6 Å². The van der Waals surface area contributed by atoms with Crippen molar-refractivity contribution in [3.05, 3.63) is 30.1 Å².